The number of benzene rings is 2. The van der Waals surface area contributed by atoms with Crippen LogP contribution in [0.3, 0.4) is 0 Å². The zero-order chi connectivity index (χ0) is 24.2. The molecule has 1 aliphatic heterocycles. The van der Waals surface area contributed by atoms with Gasteiger partial charge in [-0.1, -0.05) is 35.9 Å². The molecule has 2 fully saturated rings. The van der Waals surface area contributed by atoms with Crippen LogP contribution >= 0.6 is 11.6 Å². The van der Waals surface area contributed by atoms with Gasteiger partial charge in [0.25, 0.3) is 0 Å². The SMILES string of the molecule is CN(CCOc1ccccc1Cl)C1(C(=O)NC2(c3ccc(C(=O)O)cc3)CC2)CCCOCC1. The number of amides is 1. The third-order valence-corrected chi connectivity index (χ3v) is 7.31. The van der Waals surface area contributed by atoms with Gasteiger partial charge in [-0.15, -0.1) is 0 Å². The lowest BCUT2D eigenvalue weighted by atomic mass is 9.86. The van der Waals surface area contributed by atoms with E-state index in [1.165, 1.54) is 0 Å². The molecule has 1 saturated heterocycles. The van der Waals surface area contributed by atoms with Gasteiger partial charge in [0.05, 0.1) is 16.1 Å². The summed E-state index contributed by atoms with van der Waals surface area (Å²) in [6, 6.07) is 14.2. The smallest absolute Gasteiger partial charge is 0.335 e. The van der Waals surface area contributed by atoms with Gasteiger partial charge in [0.1, 0.15) is 17.9 Å². The second-order valence-corrected chi connectivity index (χ2v) is 9.52. The number of hydrogen-bond donors (Lipinski definition) is 2. The number of nitrogens with one attached hydrogen (secondary N) is 1. The number of para-hydroxylation sites is 1. The van der Waals surface area contributed by atoms with E-state index in [1.54, 1.807) is 30.3 Å². The molecule has 2 N–H and O–H groups in total. The van der Waals surface area contributed by atoms with E-state index in [0.717, 1.165) is 24.8 Å². The molecule has 0 bridgehead atoms. The summed E-state index contributed by atoms with van der Waals surface area (Å²) in [6.07, 6.45) is 3.74. The Kier molecular flexibility index (Phi) is 7.45. The third kappa shape index (κ3) is 5.22. The van der Waals surface area contributed by atoms with Crippen LogP contribution in [0, 0.1) is 0 Å². The molecule has 2 aliphatic rings. The van der Waals surface area contributed by atoms with Crippen LogP contribution in [-0.4, -0.2) is 60.8 Å². The van der Waals surface area contributed by atoms with Crippen molar-refractivity contribution in [3.63, 3.8) is 0 Å². The number of nitrogens with zero attached hydrogens (tertiary/aromatic N) is 1. The Balaban J connectivity index is 1.47. The van der Waals surface area contributed by atoms with Gasteiger partial charge in [-0.2, -0.15) is 0 Å². The zero-order valence-electron chi connectivity index (χ0n) is 19.4. The molecule has 8 heteroatoms. The fourth-order valence-electron chi connectivity index (χ4n) is 4.66. The van der Waals surface area contributed by atoms with Crippen molar-refractivity contribution in [2.24, 2.45) is 0 Å². The Bertz CT molecular complexity index is 1010. The minimum atomic E-state index is -0.960. The Morgan fingerprint density at radius 3 is 2.50 bits per heavy atom. The molecule has 34 heavy (non-hydrogen) atoms. The van der Waals surface area contributed by atoms with E-state index in [0.29, 0.717) is 50.0 Å². The predicted octanol–water partition coefficient (Wildman–Crippen LogP) is 4.09. The van der Waals surface area contributed by atoms with Crippen molar-refractivity contribution in [2.75, 3.05) is 33.4 Å². The fraction of sp³-hybridized carbons (Fsp3) is 0.462. The first-order chi connectivity index (χ1) is 16.4. The summed E-state index contributed by atoms with van der Waals surface area (Å²) in [5.74, 6) is -0.349. The summed E-state index contributed by atoms with van der Waals surface area (Å²) in [4.78, 5) is 27.1. The number of ether oxygens (including phenoxy) is 2. The monoisotopic (exact) mass is 486 g/mol. The van der Waals surface area contributed by atoms with Crippen LogP contribution in [0.5, 0.6) is 5.75 Å². The van der Waals surface area contributed by atoms with Crippen LogP contribution in [0.2, 0.25) is 5.02 Å². The van der Waals surface area contributed by atoms with Gasteiger partial charge in [-0.3, -0.25) is 9.69 Å². The molecule has 0 aromatic heterocycles. The normalized spacial score (nSPS) is 21.5. The Labute approximate surface area is 205 Å². The average molecular weight is 487 g/mol. The van der Waals surface area contributed by atoms with Gasteiger partial charge in [-0.25, -0.2) is 4.79 Å². The summed E-state index contributed by atoms with van der Waals surface area (Å²) in [6.45, 7) is 2.11. The fourth-order valence-corrected chi connectivity index (χ4v) is 4.85. The van der Waals surface area contributed by atoms with E-state index in [4.69, 9.17) is 21.1 Å². The minimum absolute atomic E-state index is 0.0157. The molecule has 1 amide bonds. The van der Waals surface area contributed by atoms with Crippen molar-refractivity contribution in [1.29, 1.82) is 0 Å². The number of hydrogen-bond acceptors (Lipinski definition) is 5. The van der Waals surface area contributed by atoms with Crippen molar-refractivity contribution in [1.82, 2.24) is 10.2 Å². The molecule has 1 aliphatic carbocycles. The van der Waals surface area contributed by atoms with E-state index in [2.05, 4.69) is 10.2 Å². The lowest BCUT2D eigenvalue weighted by molar-refractivity contribution is -0.135. The van der Waals surface area contributed by atoms with Gasteiger partial charge in [0.2, 0.25) is 5.91 Å². The molecule has 1 heterocycles. The maximum atomic E-state index is 13.8. The maximum Gasteiger partial charge on any atom is 0.335 e. The van der Waals surface area contributed by atoms with Gasteiger partial charge in [-0.05, 0) is 69.0 Å². The van der Waals surface area contributed by atoms with E-state index >= 15 is 0 Å². The standard InChI is InChI=1S/C26H31ClN2O5/c1-29(15-18-34-22-6-3-2-5-21(22)27)26(11-4-16-33-17-14-26)24(32)28-25(12-13-25)20-9-7-19(8-10-20)23(30)31/h2-3,5-10H,4,11-18H2,1H3,(H,28,32)(H,30,31). The lowest BCUT2D eigenvalue weighted by Crippen LogP contribution is -2.60. The van der Waals surface area contributed by atoms with Crippen molar-refractivity contribution < 1.29 is 24.2 Å². The van der Waals surface area contributed by atoms with E-state index < -0.39 is 17.0 Å². The molecule has 4 rings (SSSR count). The molecule has 2 aromatic rings. The maximum absolute atomic E-state index is 13.8. The number of halogens is 1. The third-order valence-electron chi connectivity index (χ3n) is 7.00. The van der Waals surface area contributed by atoms with Crippen molar-refractivity contribution in [3.05, 3.63) is 64.7 Å². The van der Waals surface area contributed by atoms with Gasteiger partial charge in [0, 0.05) is 19.8 Å². The van der Waals surface area contributed by atoms with Gasteiger partial charge in [0.15, 0.2) is 0 Å². The molecule has 1 unspecified atom stereocenters. The van der Waals surface area contributed by atoms with Crippen LogP contribution in [0.25, 0.3) is 0 Å². The van der Waals surface area contributed by atoms with E-state index in [-0.39, 0.29) is 11.5 Å². The molecule has 182 valence electrons. The Morgan fingerprint density at radius 2 is 1.82 bits per heavy atom. The minimum Gasteiger partial charge on any atom is -0.491 e. The highest BCUT2D eigenvalue weighted by atomic mass is 35.5. The van der Waals surface area contributed by atoms with Crippen LogP contribution in [0.1, 0.15) is 48.0 Å². The second-order valence-electron chi connectivity index (χ2n) is 9.12. The number of rotatable bonds is 9. The topological polar surface area (TPSA) is 88.1 Å². The van der Waals surface area contributed by atoms with Gasteiger partial charge >= 0.3 is 5.97 Å². The largest absolute Gasteiger partial charge is 0.491 e. The van der Waals surface area contributed by atoms with Crippen molar-refractivity contribution in [3.8, 4) is 5.75 Å². The van der Waals surface area contributed by atoms with Gasteiger partial charge < -0.3 is 19.9 Å². The van der Waals surface area contributed by atoms with Crippen LogP contribution in [0.4, 0.5) is 0 Å². The highest BCUT2D eigenvalue weighted by molar-refractivity contribution is 6.32. The highest BCUT2D eigenvalue weighted by Gasteiger charge is 2.51. The summed E-state index contributed by atoms with van der Waals surface area (Å²) in [7, 11) is 1.96. The van der Waals surface area contributed by atoms with Crippen LogP contribution < -0.4 is 10.1 Å². The second kappa shape index (κ2) is 10.3. The first-order valence-corrected chi connectivity index (χ1v) is 12.1. The summed E-state index contributed by atoms with van der Waals surface area (Å²) < 4.78 is 11.6. The highest BCUT2D eigenvalue weighted by Crippen LogP contribution is 2.46. The molecular weight excluding hydrogens is 456 g/mol. The summed E-state index contributed by atoms with van der Waals surface area (Å²) in [5.41, 5.74) is 0.0252. The van der Waals surface area contributed by atoms with E-state index in [1.807, 2.05) is 25.2 Å². The number of carboxylic acid groups (broad SMARTS) is 1. The Hall–Kier alpha value is -2.61. The summed E-state index contributed by atoms with van der Waals surface area (Å²) in [5, 5.41) is 13.1. The van der Waals surface area contributed by atoms with E-state index in [9.17, 15) is 14.7 Å². The molecule has 1 atom stereocenters. The molecule has 0 radical (unpaired) electrons. The number of carboxylic acids is 1. The molecule has 0 spiro atoms. The summed E-state index contributed by atoms with van der Waals surface area (Å²) >= 11 is 6.20. The number of carbonyl (C=O) groups is 2. The molecular formula is C26H31ClN2O5. The number of likely N-dealkylation sites (N-methyl/N-ethyl adjacent to an activating group) is 1. The first-order valence-electron chi connectivity index (χ1n) is 11.7. The number of carbonyl (C=O) groups excluding carboxylic acids is 1. The lowest BCUT2D eigenvalue weighted by Gasteiger charge is -2.41. The Morgan fingerprint density at radius 1 is 1.09 bits per heavy atom. The average Bonchev–Trinajstić information content (AvgIpc) is 3.64. The first kappa shape index (κ1) is 24.5. The number of aromatic carboxylic acids is 1. The van der Waals surface area contributed by atoms with Crippen LogP contribution in [0.15, 0.2) is 48.5 Å². The quantitative estimate of drug-likeness (QED) is 0.555. The molecule has 1 saturated carbocycles. The molecule has 2 aromatic carbocycles. The zero-order valence-corrected chi connectivity index (χ0v) is 20.1. The predicted molar refractivity (Wildman–Crippen MR) is 129 cm³/mol. The van der Waals surface area contributed by atoms with Crippen molar-refractivity contribution >= 4 is 23.5 Å². The van der Waals surface area contributed by atoms with Crippen LogP contribution in [-0.2, 0) is 15.1 Å². The molecule has 7 nitrogen and oxygen atoms in total. The van der Waals surface area contributed by atoms with Crippen molar-refractivity contribution in [2.45, 2.75) is 43.2 Å².